The molecule has 10 aliphatic rings. The fraction of sp³-hybridized carbons (Fsp3) is 0.907. The van der Waals surface area contributed by atoms with Gasteiger partial charge in [-0.3, -0.25) is 24.6 Å². The van der Waals surface area contributed by atoms with Gasteiger partial charge in [0, 0.05) is 70.6 Å². The molecule has 16 heteroatoms. The van der Waals surface area contributed by atoms with Gasteiger partial charge in [-0.05, 0) is 99.7 Å². The van der Waals surface area contributed by atoms with E-state index in [2.05, 4.69) is 33.3 Å². The molecule has 4 N–H and O–H groups in total. The number of carbonyl (C=O) groups excluding carboxylic acids is 5. The number of hydrogen-bond acceptors (Lipinski definition) is 8. The van der Waals surface area contributed by atoms with Gasteiger partial charge >= 0.3 is 12.3 Å². The molecule has 402 valence electrons. The van der Waals surface area contributed by atoms with Crippen LogP contribution in [0.1, 0.15) is 226 Å². The molecular weight excluding hydrogens is 902 g/mol. The van der Waals surface area contributed by atoms with Crippen LogP contribution in [0.3, 0.4) is 0 Å². The highest BCUT2D eigenvalue weighted by Crippen LogP contribution is 2.48. The number of methoxy groups -OCH3 is 1. The number of hydrogen-bond donors (Lipinski definition) is 4. The average molecular weight is 995 g/mol. The number of nitrogens with zero attached hydrogens (tertiary/aromatic N) is 2. The summed E-state index contributed by atoms with van der Waals surface area (Å²) in [6, 6.07) is -0.694. The fourth-order valence-electron chi connectivity index (χ4n) is 13.8. The molecule has 0 radical (unpaired) electrons. The zero-order valence-corrected chi connectivity index (χ0v) is 42.5. The number of alkyl carbamates (subject to hydrolysis) is 1. The van der Waals surface area contributed by atoms with Gasteiger partial charge in [0.15, 0.2) is 0 Å². The molecule has 0 aromatic rings. The van der Waals surface area contributed by atoms with Crippen LogP contribution in [0.25, 0.3) is 0 Å². The van der Waals surface area contributed by atoms with E-state index in [9.17, 15) is 37.1 Å². The Morgan fingerprint density at radius 3 is 1.67 bits per heavy atom. The predicted molar refractivity (Wildman–Crippen MR) is 266 cm³/mol. The van der Waals surface area contributed by atoms with Crippen molar-refractivity contribution in [3.8, 4) is 0 Å². The molecule has 0 aromatic carbocycles. The predicted octanol–water partition coefficient (Wildman–Crippen LogP) is 10.7. The molecule has 0 aromatic heterocycles. The van der Waals surface area contributed by atoms with Crippen molar-refractivity contribution >= 4 is 29.7 Å². The first-order chi connectivity index (χ1) is 33.1. The van der Waals surface area contributed by atoms with Gasteiger partial charge in [0.1, 0.15) is 5.60 Å². The highest BCUT2D eigenvalue weighted by Gasteiger charge is 2.51. The second-order valence-corrected chi connectivity index (χ2v) is 22.9. The minimum Gasteiger partial charge on any atom is -0.441 e. The Kier molecular flexibility index (Phi) is 22.0. The number of carbonyl (C=O) groups is 5. The number of halogens is 3. The number of likely N-dealkylation sites (tertiary alicyclic amines) is 1. The van der Waals surface area contributed by atoms with Gasteiger partial charge in [-0.1, -0.05) is 111 Å². The average Bonchev–Trinajstić information content (AvgIpc) is 4.00. The molecule has 1 atom stereocenters. The largest absolute Gasteiger partial charge is 0.441 e. The summed E-state index contributed by atoms with van der Waals surface area (Å²) in [5, 5.41) is 10.4. The van der Waals surface area contributed by atoms with Crippen LogP contribution in [-0.4, -0.2) is 109 Å². The fourth-order valence-corrected chi connectivity index (χ4v) is 13.8. The minimum absolute atomic E-state index is 0. The van der Waals surface area contributed by atoms with Gasteiger partial charge in [-0.25, -0.2) is 9.80 Å². The van der Waals surface area contributed by atoms with Crippen LogP contribution in [0.5, 0.6) is 0 Å². The number of rotatable bonds is 6. The van der Waals surface area contributed by atoms with Crippen LogP contribution in [0.2, 0.25) is 0 Å². The Bertz CT molecular complexity index is 1620. The van der Waals surface area contributed by atoms with E-state index < -0.39 is 24.1 Å². The summed E-state index contributed by atoms with van der Waals surface area (Å²) in [5.41, 5.74) is 3.36. The third-order valence-corrected chi connectivity index (χ3v) is 17.5. The Morgan fingerprint density at radius 1 is 0.614 bits per heavy atom. The van der Waals surface area contributed by atoms with Gasteiger partial charge in [0.05, 0.1) is 19.6 Å². The molecule has 10 fully saturated rings. The molecule has 10 rings (SSSR count). The van der Waals surface area contributed by atoms with Crippen molar-refractivity contribution < 1.29 is 46.6 Å². The first-order valence-electron chi connectivity index (χ1n) is 27.5. The molecule has 5 saturated heterocycles. The third-order valence-electron chi connectivity index (χ3n) is 17.5. The molecule has 0 bridgehead atoms. The summed E-state index contributed by atoms with van der Waals surface area (Å²) >= 11 is 0. The molecule has 1 unspecified atom stereocenters. The van der Waals surface area contributed by atoms with Crippen LogP contribution in [-0.2, 0) is 28.7 Å². The van der Waals surface area contributed by atoms with Gasteiger partial charge < -0.3 is 30.3 Å². The first-order valence-corrected chi connectivity index (χ1v) is 27.5. The number of ether oxygens (including phenoxy) is 2. The Morgan fingerprint density at radius 2 is 1.16 bits per heavy atom. The lowest BCUT2D eigenvalue weighted by Gasteiger charge is -2.39. The molecule has 5 aliphatic heterocycles. The summed E-state index contributed by atoms with van der Waals surface area (Å²) in [7, 11) is 1.69. The molecule has 5 spiro atoms. The monoisotopic (exact) mass is 995 g/mol. The molecule has 13 nitrogen and oxygen atoms in total. The second-order valence-electron chi connectivity index (χ2n) is 22.9. The van der Waals surface area contributed by atoms with Gasteiger partial charge in [-0.2, -0.15) is 13.2 Å². The topological polar surface area (TPSA) is 158 Å². The van der Waals surface area contributed by atoms with E-state index in [4.69, 9.17) is 9.47 Å². The van der Waals surface area contributed by atoms with Gasteiger partial charge in [0.2, 0.25) is 23.6 Å². The number of alkyl halides is 3. The van der Waals surface area contributed by atoms with E-state index in [1.165, 1.54) is 128 Å². The highest BCUT2D eigenvalue weighted by atomic mass is 19.4. The third kappa shape index (κ3) is 16.4. The summed E-state index contributed by atoms with van der Waals surface area (Å²) in [5.74, 6) is 0.627. The van der Waals surface area contributed by atoms with Crippen molar-refractivity contribution in [2.24, 2.45) is 16.2 Å². The summed E-state index contributed by atoms with van der Waals surface area (Å²) in [4.78, 5) is 58.6. The number of hydrazine groups is 1. The van der Waals surface area contributed by atoms with Gasteiger partial charge in [-0.15, -0.1) is 0 Å². The maximum atomic E-state index is 12.4. The van der Waals surface area contributed by atoms with Gasteiger partial charge in [0.25, 0.3) is 0 Å². The van der Waals surface area contributed by atoms with E-state index in [0.29, 0.717) is 23.3 Å². The molecular formula is C54H93F3N6O7. The van der Waals surface area contributed by atoms with E-state index >= 15 is 0 Å². The van der Waals surface area contributed by atoms with E-state index in [-0.39, 0.29) is 48.8 Å². The van der Waals surface area contributed by atoms with Crippen molar-refractivity contribution in [2.75, 3.05) is 46.4 Å². The highest BCUT2D eigenvalue weighted by molar-refractivity contribution is 5.81. The van der Waals surface area contributed by atoms with Crippen LogP contribution in [0.15, 0.2) is 0 Å². The van der Waals surface area contributed by atoms with Crippen molar-refractivity contribution in [1.82, 2.24) is 31.3 Å². The van der Waals surface area contributed by atoms with Crippen molar-refractivity contribution in [1.29, 1.82) is 0 Å². The van der Waals surface area contributed by atoms with E-state index in [1.54, 1.807) is 7.11 Å². The Labute approximate surface area is 418 Å². The van der Waals surface area contributed by atoms with Crippen molar-refractivity contribution in [3.05, 3.63) is 0 Å². The van der Waals surface area contributed by atoms with Crippen LogP contribution in [0.4, 0.5) is 18.0 Å². The zero-order chi connectivity index (χ0) is 49.4. The number of amides is 5. The minimum atomic E-state index is -4.19. The molecule has 70 heavy (non-hydrogen) atoms. The standard InChI is InChI=1S/C12H21NO2.C11H16F3NO.C11H20N2O.C10H17NO.C9H15NO2.CH4/c1-15-8-7-13-10-12(9-11(13)14)5-3-2-4-6-12;12-11(13,14)6-8-10(7-9(16)15-8)4-2-1-3-5-10;1-2-8-13-11(9-10(14)12-13)6-4-3-5-7-11;12-9-7-10(8-11-9)5-3-1-2-4-6-10;11-8-10-7-9(12-8)5-3-1-2-4-6-9;/h2-10H2,1H3;8H,1-7H2,(H,15,16);2-9H2,1H3,(H,12,14);1-8H2,(H,11,12);1-7H2,(H,10,11);1H4. The van der Waals surface area contributed by atoms with Crippen molar-refractivity contribution in [2.45, 2.75) is 250 Å². The maximum absolute atomic E-state index is 12.4. The molecule has 5 heterocycles. The lowest BCUT2D eigenvalue weighted by Crippen LogP contribution is -2.49. The van der Waals surface area contributed by atoms with Crippen LogP contribution < -0.4 is 21.4 Å². The SMILES string of the molecule is C.CCCN1NC(=O)CC12CCCCC2.COCCN1CC2(CCCCC2)CC1=O.O=C1CC2(CCCCC2)C(CC(F)(F)F)N1.O=C1CC2(CCCCCC2)CN1.O=C1NCC2(CCCCCC2)O1. The lowest BCUT2D eigenvalue weighted by molar-refractivity contribution is -0.146. The van der Waals surface area contributed by atoms with E-state index in [1.807, 2.05) is 4.90 Å². The summed E-state index contributed by atoms with van der Waals surface area (Å²) in [6.45, 7) is 7.28. The normalized spacial score (nSPS) is 27.1. The summed E-state index contributed by atoms with van der Waals surface area (Å²) in [6.07, 6.45) is 30.7. The molecule has 5 saturated carbocycles. The van der Waals surface area contributed by atoms with Crippen molar-refractivity contribution in [3.63, 3.8) is 0 Å². The zero-order valence-electron chi connectivity index (χ0n) is 42.5. The lowest BCUT2D eigenvalue weighted by atomic mass is 9.68. The molecule has 5 aliphatic carbocycles. The van der Waals surface area contributed by atoms with Crippen LogP contribution in [0, 0.1) is 16.2 Å². The van der Waals surface area contributed by atoms with E-state index in [0.717, 1.165) is 103 Å². The molecule has 5 amide bonds. The first kappa shape index (κ1) is 57.8. The smallest absolute Gasteiger partial charge is 0.407 e. The maximum Gasteiger partial charge on any atom is 0.407 e. The summed E-state index contributed by atoms with van der Waals surface area (Å²) < 4.78 is 47.6. The second kappa shape index (κ2) is 26.7. The number of nitrogens with one attached hydrogen (secondary N) is 4. The quantitative estimate of drug-likeness (QED) is 0.205. The Balaban J connectivity index is 0.000000163. The van der Waals surface area contributed by atoms with Crippen LogP contribution >= 0.6 is 0 Å². The Hall–Kier alpha value is -3.14.